The molecule has 0 spiro atoms. The zero-order chi connectivity index (χ0) is 21.9. The van der Waals surface area contributed by atoms with Gasteiger partial charge in [-0.1, -0.05) is 30.3 Å². The lowest BCUT2D eigenvalue weighted by Crippen LogP contribution is -2.11. The van der Waals surface area contributed by atoms with Gasteiger partial charge in [0.05, 0.1) is 23.3 Å². The van der Waals surface area contributed by atoms with Crippen molar-refractivity contribution in [2.45, 2.75) is 13.0 Å². The minimum atomic E-state index is -0.312. The summed E-state index contributed by atoms with van der Waals surface area (Å²) in [4.78, 5) is 25.7. The summed E-state index contributed by atoms with van der Waals surface area (Å²) in [5, 5.41) is 6.15. The third-order valence-corrected chi connectivity index (χ3v) is 5.08. The SMILES string of the molecule is CC(Nc1nccc(-n2cnc3cc(NC(=O)c4ccco4)ccc32)n1)c1ccccc1. The van der Waals surface area contributed by atoms with Crippen LogP contribution >= 0.6 is 0 Å². The largest absolute Gasteiger partial charge is 0.459 e. The predicted octanol–water partition coefficient (Wildman–Crippen LogP) is 4.83. The number of amides is 1. The van der Waals surface area contributed by atoms with Crippen LogP contribution in [0.15, 0.2) is 89.9 Å². The molecule has 3 heterocycles. The summed E-state index contributed by atoms with van der Waals surface area (Å²) >= 11 is 0. The van der Waals surface area contributed by atoms with E-state index in [1.807, 2.05) is 47.0 Å². The summed E-state index contributed by atoms with van der Waals surface area (Å²) in [6.45, 7) is 2.07. The predicted molar refractivity (Wildman–Crippen MR) is 122 cm³/mol. The first-order chi connectivity index (χ1) is 15.7. The van der Waals surface area contributed by atoms with Crippen molar-refractivity contribution >= 4 is 28.6 Å². The number of furan rings is 1. The first-order valence-corrected chi connectivity index (χ1v) is 10.1. The topological polar surface area (TPSA) is 97.9 Å². The van der Waals surface area contributed by atoms with E-state index in [1.54, 1.807) is 24.7 Å². The zero-order valence-electron chi connectivity index (χ0n) is 17.3. The number of anilines is 2. The molecule has 0 fully saturated rings. The Labute approximate surface area is 184 Å². The highest BCUT2D eigenvalue weighted by Crippen LogP contribution is 2.22. The van der Waals surface area contributed by atoms with Gasteiger partial charge in [0.15, 0.2) is 5.76 Å². The van der Waals surface area contributed by atoms with Gasteiger partial charge in [-0.3, -0.25) is 9.36 Å². The van der Waals surface area contributed by atoms with Crippen LogP contribution < -0.4 is 10.6 Å². The molecule has 3 aromatic heterocycles. The Morgan fingerprint density at radius 2 is 1.91 bits per heavy atom. The molecule has 5 rings (SSSR count). The number of hydrogen-bond donors (Lipinski definition) is 2. The van der Waals surface area contributed by atoms with E-state index in [9.17, 15) is 4.79 Å². The van der Waals surface area contributed by atoms with E-state index in [1.165, 1.54) is 6.26 Å². The van der Waals surface area contributed by atoms with Crippen molar-refractivity contribution in [3.05, 3.63) is 96.8 Å². The number of nitrogens with zero attached hydrogens (tertiary/aromatic N) is 4. The number of fused-ring (bicyclic) bond motifs is 1. The van der Waals surface area contributed by atoms with Crippen LogP contribution in [0.4, 0.5) is 11.6 Å². The van der Waals surface area contributed by atoms with E-state index >= 15 is 0 Å². The maximum atomic E-state index is 12.2. The van der Waals surface area contributed by atoms with Crippen molar-refractivity contribution in [1.82, 2.24) is 19.5 Å². The van der Waals surface area contributed by atoms with Gasteiger partial charge in [-0.15, -0.1) is 0 Å². The summed E-state index contributed by atoms with van der Waals surface area (Å²) in [7, 11) is 0. The Kier molecular flexibility index (Phi) is 5.09. The van der Waals surface area contributed by atoms with Gasteiger partial charge in [-0.05, 0) is 48.9 Å². The first kappa shape index (κ1) is 19.5. The monoisotopic (exact) mass is 424 g/mol. The Bertz CT molecular complexity index is 1360. The molecule has 0 aliphatic carbocycles. The van der Waals surface area contributed by atoms with Crippen molar-refractivity contribution in [3.8, 4) is 5.82 Å². The Morgan fingerprint density at radius 1 is 1.03 bits per heavy atom. The molecule has 1 atom stereocenters. The second-order valence-corrected chi connectivity index (χ2v) is 7.26. The van der Waals surface area contributed by atoms with Crippen molar-refractivity contribution in [1.29, 1.82) is 0 Å². The number of nitrogens with one attached hydrogen (secondary N) is 2. The average molecular weight is 424 g/mol. The van der Waals surface area contributed by atoms with Crippen LogP contribution in [0, 0.1) is 0 Å². The third kappa shape index (κ3) is 3.93. The van der Waals surface area contributed by atoms with E-state index < -0.39 is 0 Å². The molecule has 0 saturated carbocycles. The van der Waals surface area contributed by atoms with Crippen LogP contribution in [0.1, 0.15) is 29.1 Å². The number of hydrogen-bond acceptors (Lipinski definition) is 6. The third-order valence-electron chi connectivity index (χ3n) is 5.08. The van der Waals surface area contributed by atoms with E-state index in [2.05, 4.69) is 44.6 Å². The average Bonchev–Trinajstić information content (AvgIpc) is 3.50. The molecular weight excluding hydrogens is 404 g/mol. The fourth-order valence-electron chi connectivity index (χ4n) is 3.45. The van der Waals surface area contributed by atoms with Gasteiger partial charge in [0, 0.05) is 11.9 Å². The molecule has 8 nitrogen and oxygen atoms in total. The number of benzene rings is 2. The highest BCUT2D eigenvalue weighted by molar-refractivity contribution is 6.03. The summed E-state index contributed by atoms with van der Waals surface area (Å²) < 4.78 is 7.01. The molecule has 0 bridgehead atoms. The maximum absolute atomic E-state index is 12.2. The van der Waals surface area contributed by atoms with Crippen molar-refractivity contribution in [2.75, 3.05) is 10.6 Å². The van der Waals surface area contributed by atoms with Gasteiger partial charge in [0.1, 0.15) is 12.1 Å². The molecule has 0 radical (unpaired) electrons. The van der Waals surface area contributed by atoms with Gasteiger partial charge in [-0.2, -0.15) is 4.98 Å². The fraction of sp³-hybridized carbons (Fsp3) is 0.0833. The molecule has 5 aromatic rings. The molecule has 8 heteroatoms. The molecule has 32 heavy (non-hydrogen) atoms. The Morgan fingerprint density at radius 3 is 2.72 bits per heavy atom. The number of carbonyl (C=O) groups is 1. The van der Waals surface area contributed by atoms with Gasteiger partial charge in [0.25, 0.3) is 5.91 Å². The van der Waals surface area contributed by atoms with Gasteiger partial charge < -0.3 is 15.1 Å². The molecular formula is C24H20N6O2. The van der Waals surface area contributed by atoms with Crippen molar-refractivity contribution in [2.24, 2.45) is 0 Å². The van der Waals surface area contributed by atoms with Gasteiger partial charge in [-0.25, -0.2) is 9.97 Å². The lowest BCUT2D eigenvalue weighted by molar-refractivity contribution is 0.0996. The molecule has 158 valence electrons. The molecule has 0 saturated heterocycles. The van der Waals surface area contributed by atoms with E-state index in [0.29, 0.717) is 17.5 Å². The summed E-state index contributed by atoms with van der Waals surface area (Å²) in [5.41, 5.74) is 3.37. The highest BCUT2D eigenvalue weighted by Gasteiger charge is 2.12. The fourth-order valence-corrected chi connectivity index (χ4v) is 3.45. The molecule has 1 unspecified atom stereocenters. The van der Waals surface area contributed by atoms with E-state index in [4.69, 9.17) is 4.42 Å². The van der Waals surface area contributed by atoms with Crippen LogP contribution in [-0.2, 0) is 0 Å². The number of imidazole rings is 1. The first-order valence-electron chi connectivity index (χ1n) is 10.1. The van der Waals surface area contributed by atoms with Crippen LogP contribution in [0.3, 0.4) is 0 Å². The Hall–Kier alpha value is -4.46. The van der Waals surface area contributed by atoms with E-state index in [-0.39, 0.29) is 17.7 Å². The smallest absolute Gasteiger partial charge is 0.291 e. The van der Waals surface area contributed by atoms with E-state index in [0.717, 1.165) is 16.6 Å². The van der Waals surface area contributed by atoms with Gasteiger partial charge in [0.2, 0.25) is 5.95 Å². The summed E-state index contributed by atoms with van der Waals surface area (Å²) in [6.07, 6.45) is 4.88. The minimum absolute atomic E-state index is 0.0614. The minimum Gasteiger partial charge on any atom is -0.459 e. The normalized spacial score (nSPS) is 11.9. The van der Waals surface area contributed by atoms with Crippen molar-refractivity contribution in [3.63, 3.8) is 0 Å². The molecule has 2 aromatic carbocycles. The number of carbonyl (C=O) groups excluding carboxylic acids is 1. The molecule has 1 amide bonds. The molecule has 2 N–H and O–H groups in total. The van der Waals surface area contributed by atoms with Gasteiger partial charge >= 0.3 is 0 Å². The van der Waals surface area contributed by atoms with Crippen LogP contribution in [0.2, 0.25) is 0 Å². The second kappa shape index (κ2) is 8.35. The summed E-state index contributed by atoms with van der Waals surface area (Å²) in [5.74, 6) is 1.16. The second-order valence-electron chi connectivity index (χ2n) is 7.26. The number of aromatic nitrogens is 4. The standard InChI is InChI=1S/C24H20N6O2/c1-16(17-6-3-2-4-7-17)27-24-25-12-11-22(29-24)30-15-26-19-14-18(9-10-20(19)30)28-23(31)21-8-5-13-32-21/h2-16H,1H3,(H,28,31)(H,25,27,29). The summed E-state index contributed by atoms with van der Waals surface area (Å²) in [6, 6.07) is 20.8. The lowest BCUT2D eigenvalue weighted by Gasteiger charge is -2.14. The van der Waals surface area contributed by atoms with Crippen LogP contribution in [-0.4, -0.2) is 25.4 Å². The highest BCUT2D eigenvalue weighted by atomic mass is 16.3. The molecule has 0 aliphatic rings. The lowest BCUT2D eigenvalue weighted by atomic mass is 10.1. The zero-order valence-corrected chi connectivity index (χ0v) is 17.3. The van der Waals surface area contributed by atoms with Crippen LogP contribution in [0.25, 0.3) is 16.9 Å². The quantitative estimate of drug-likeness (QED) is 0.405. The Balaban J connectivity index is 1.38. The van der Waals surface area contributed by atoms with Crippen molar-refractivity contribution < 1.29 is 9.21 Å². The van der Waals surface area contributed by atoms with Crippen LogP contribution in [0.5, 0.6) is 0 Å². The number of rotatable bonds is 6. The maximum Gasteiger partial charge on any atom is 0.291 e. The molecule has 0 aliphatic heterocycles.